The Labute approximate surface area is 96.6 Å². The number of ether oxygens (including phenoxy) is 1. The van der Waals surface area contributed by atoms with Crippen LogP contribution in [0.4, 0.5) is 0 Å². The molecule has 0 atom stereocenters. The van der Waals surface area contributed by atoms with Gasteiger partial charge >= 0.3 is 0 Å². The molecule has 0 bridgehead atoms. The van der Waals surface area contributed by atoms with E-state index >= 15 is 0 Å². The van der Waals surface area contributed by atoms with Gasteiger partial charge in [-0.1, -0.05) is 13.8 Å². The predicted octanol–water partition coefficient (Wildman–Crippen LogP) is 3.18. The molecule has 0 unspecified atom stereocenters. The van der Waals surface area contributed by atoms with Crippen LogP contribution < -0.4 is 4.74 Å². The summed E-state index contributed by atoms with van der Waals surface area (Å²) in [5.74, 6) is 1.18. The molecule has 0 spiro atoms. The molecule has 16 heavy (non-hydrogen) atoms. The van der Waals surface area contributed by atoms with Crippen molar-refractivity contribution in [1.29, 1.82) is 0 Å². The minimum atomic E-state index is -0.0581. The lowest BCUT2D eigenvalue weighted by Crippen LogP contribution is -2.14. The van der Waals surface area contributed by atoms with Crippen LogP contribution in [0.15, 0.2) is 6.07 Å². The molecule has 0 aliphatic heterocycles. The molecule has 1 aliphatic carbocycles. The van der Waals surface area contributed by atoms with Crippen molar-refractivity contribution in [2.75, 3.05) is 7.11 Å². The SMILES string of the molecule is COc1c(C)cc2c(c1C)C(C)(C)CC2=O. The van der Waals surface area contributed by atoms with Crippen LogP contribution in [0.25, 0.3) is 0 Å². The highest BCUT2D eigenvalue weighted by molar-refractivity contribution is 6.03. The molecule has 2 rings (SSSR count). The van der Waals surface area contributed by atoms with Crippen LogP contribution in [0.3, 0.4) is 0 Å². The number of methoxy groups -OCH3 is 1. The van der Waals surface area contributed by atoms with Gasteiger partial charge in [0.25, 0.3) is 0 Å². The molecule has 0 radical (unpaired) electrons. The molecular formula is C14H18O2. The van der Waals surface area contributed by atoms with Crippen LogP contribution in [-0.2, 0) is 5.41 Å². The molecule has 0 saturated heterocycles. The van der Waals surface area contributed by atoms with Crippen molar-refractivity contribution in [3.05, 3.63) is 28.3 Å². The Morgan fingerprint density at radius 2 is 1.94 bits per heavy atom. The summed E-state index contributed by atoms with van der Waals surface area (Å²) < 4.78 is 5.42. The van der Waals surface area contributed by atoms with Crippen molar-refractivity contribution >= 4 is 5.78 Å². The molecule has 0 amide bonds. The first-order valence-corrected chi connectivity index (χ1v) is 5.60. The van der Waals surface area contributed by atoms with Crippen LogP contribution in [0, 0.1) is 13.8 Å². The molecule has 1 aromatic rings. The van der Waals surface area contributed by atoms with Crippen LogP contribution in [0.1, 0.15) is 47.3 Å². The van der Waals surface area contributed by atoms with E-state index in [4.69, 9.17) is 4.74 Å². The van der Waals surface area contributed by atoms with E-state index < -0.39 is 0 Å². The summed E-state index contributed by atoms with van der Waals surface area (Å²) in [6.07, 6.45) is 0.607. The second-order valence-electron chi connectivity index (χ2n) is 5.26. The van der Waals surface area contributed by atoms with Crippen LogP contribution in [0.2, 0.25) is 0 Å². The van der Waals surface area contributed by atoms with Crippen molar-refractivity contribution in [3.8, 4) is 5.75 Å². The lowest BCUT2D eigenvalue weighted by molar-refractivity contribution is 0.0979. The van der Waals surface area contributed by atoms with E-state index in [1.54, 1.807) is 7.11 Å². The normalized spacial score (nSPS) is 17.4. The summed E-state index contributed by atoms with van der Waals surface area (Å²) in [6.45, 7) is 8.28. The Morgan fingerprint density at radius 3 is 2.50 bits per heavy atom. The molecule has 86 valence electrons. The number of ketones is 1. The summed E-state index contributed by atoms with van der Waals surface area (Å²) >= 11 is 0. The topological polar surface area (TPSA) is 26.3 Å². The maximum Gasteiger partial charge on any atom is 0.164 e. The molecule has 0 fully saturated rings. The lowest BCUT2D eigenvalue weighted by Gasteiger charge is -2.22. The molecule has 0 aromatic heterocycles. The average Bonchev–Trinajstić information content (AvgIpc) is 2.37. The van der Waals surface area contributed by atoms with E-state index in [1.165, 1.54) is 5.56 Å². The van der Waals surface area contributed by atoms with E-state index in [0.717, 1.165) is 22.4 Å². The zero-order chi connectivity index (χ0) is 12.1. The van der Waals surface area contributed by atoms with E-state index in [0.29, 0.717) is 6.42 Å². The van der Waals surface area contributed by atoms with Gasteiger partial charge in [-0.05, 0) is 42.0 Å². The number of carbonyl (C=O) groups excluding carboxylic acids is 1. The first kappa shape index (κ1) is 11.2. The average molecular weight is 218 g/mol. The van der Waals surface area contributed by atoms with Gasteiger partial charge in [-0.15, -0.1) is 0 Å². The Bertz CT molecular complexity index is 470. The van der Waals surface area contributed by atoms with Gasteiger partial charge in [0.1, 0.15) is 5.75 Å². The number of aryl methyl sites for hydroxylation is 1. The zero-order valence-corrected chi connectivity index (χ0v) is 10.6. The first-order valence-electron chi connectivity index (χ1n) is 5.60. The molecule has 1 aliphatic rings. The summed E-state index contributed by atoms with van der Waals surface area (Å²) in [4.78, 5) is 11.9. The lowest BCUT2D eigenvalue weighted by atomic mass is 9.83. The minimum Gasteiger partial charge on any atom is -0.496 e. The second kappa shape index (κ2) is 3.34. The van der Waals surface area contributed by atoms with Gasteiger partial charge < -0.3 is 4.74 Å². The third-order valence-electron chi connectivity index (χ3n) is 3.49. The van der Waals surface area contributed by atoms with Crippen molar-refractivity contribution < 1.29 is 9.53 Å². The molecule has 0 saturated carbocycles. The summed E-state index contributed by atoms with van der Waals surface area (Å²) in [5.41, 5.74) is 4.16. The largest absolute Gasteiger partial charge is 0.496 e. The fourth-order valence-electron chi connectivity index (χ4n) is 2.96. The van der Waals surface area contributed by atoms with Gasteiger partial charge in [0.15, 0.2) is 5.78 Å². The third-order valence-corrected chi connectivity index (χ3v) is 3.49. The number of fused-ring (bicyclic) bond motifs is 1. The number of carbonyl (C=O) groups is 1. The van der Waals surface area contributed by atoms with E-state index in [1.807, 2.05) is 19.9 Å². The van der Waals surface area contributed by atoms with Gasteiger partial charge in [0, 0.05) is 12.0 Å². The summed E-state index contributed by atoms with van der Waals surface area (Å²) in [7, 11) is 1.69. The highest BCUT2D eigenvalue weighted by Gasteiger charge is 2.38. The van der Waals surface area contributed by atoms with Gasteiger partial charge in [-0.3, -0.25) is 4.79 Å². The maximum absolute atomic E-state index is 11.9. The zero-order valence-electron chi connectivity index (χ0n) is 10.6. The van der Waals surface area contributed by atoms with Crippen molar-refractivity contribution in [2.24, 2.45) is 0 Å². The van der Waals surface area contributed by atoms with Gasteiger partial charge in [0.05, 0.1) is 7.11 Å². The Morgan fingerprint density at radius 1 is 1.31 bits per heavy atom. The number of rotatable bonds is 1. The van der Waals surface area contributed by atoms with Crippen molar-refractivity contribution in [2.45, 2.75) is 39.5 Å². The fraction of sp³-hybridized carbons (Fsp3) is 0.500. The minimum absolute atomic E-state index is 0.0581. The van der Waals surface area contributed by atoms with Gasteiger partial charge in [0.2, 0.25) is 0 Å². The van der Waals surface area contributed by atoms with Crippen LogP contribution >= 0.6 is 0 Å². The fourth-order valence-corrected chi connectivity index (χ4v) is 2.96. The van der Waals surface area contributed by atoms with E-state index in [9.17, 15) is 4.79 Å². The summed E-state index contributed by atoms with van der Waals surface area (Å²) in [6, 6.07) is 1.97. The maximum atomic E-state index is 11.9. The van der Waals surface area contributed by atoms with E-state index in [2.05, 4.69) is 13.8 Å². The van der Waals surface area contributed by atoms with Gasteiger partial charge in [-0.25, -0.2) is 0 Å². The van der Waals surface area contributed by atoms with E-state index in [-0.39, 0.29) is 11.2 Å². The molecule has 0 heterocycles. The van der Waals surface area contributed by atoms with Crippen LogP contribution in [0.5, 0.6) is 5.75 Å². The monoisotopic (exact) mass is 218 g/mol. The number of Topliss-reactive ketones (excluding diaryl/α,β-unsaturated/α-hetero) is 1. The quantitative estimate of drug-likeness (QED) is 0.723. The number of hydrogen-bond donors (Lipinski definition) is 0. The Hall–Kier alpha value is -1.31. The molecule has 2 nitrogen and oxygen atoms in total. The highest BCUT2D eigenvalue weighted by Crippen LogP contribution is 2.44. The van der Waals surface area contributed by atoms with Crippen LogP contribution in [-0.4, -0.2) is 12.9 Å². The van der Waals surface area contributed by atoms with Gasteiger partial charge in [-0.2, -0.15) is 0 Å². The number of hydrogen-bond acceptors (Lipinski definition) is 2. The first-order chi connectivity index (χ1) is 7.38. The van der Waals surface area contributed by atoms with Crippen molar-refractivity contribution in [1.82, 2.24) is 0 Å². The predicted molar refractivity (Wildman–Crippen MR) is 64.4 cm³/mol. The highest BCUT2D eigenvalue weighted by atomic mass is 16.5. The number of benzene rings is 1. The third kappa shape index (κ3) is 1.36. The van der Waals surface area contributed by atoms with Crippen molar-refractivity contribution in [3.63, 3.8) is 0 Å². The Kier molecular flexibility index (Phi) is 2.33. The molecule has 1 aromatic carbocycles. The summed E-state index contributed by atoms with van der Waals surface area (Å²) in [5, 5.41) is 0. The molecule has 2 heteroatoms. The second-order valence-corrected chi connectivity index (χ2v) is 5.26. The molecular weight excluding hydrogens is 200 g/mol. The molecule has 0 N–H and O–H groups in total. The Balaban J connectivity index is 2.78. The smallest absolute Gasteiger partial charge is 0.164 e. The standard InChI is InChI=1S/C14H18O2/c1-8-6-10-11(15)7-14(3,4)12(10)9(2)13(8)16-5/h6H,7H2,1-5H3.